The van der Waals surface area contributed by atoms with E-state index in [1.54, 1.807) is 20.8 Å². The Morgan fingerprint density at radius 2 is 1.69 bits per heavy atom. The molecule has 0 aromatic rings. The van der Waals surface area contributed by atoms with Gasteiger partial charge in [0.05, 0.1) is 10.5 Å². The maximum Gasteiger partial charge on any atom is 0.155 e. The highest BCUT2D eigenvalue weighted by molar-refractivity contribution is 7.92. The molecule has 0 amide bonds. The van der Waals surface area contributed by atoms with E-state index in [4.69, 9.17) is 5.73 Å². The van der Waals surface area contributed by atoms with Gasteiger partial charge < -0.3 is 5.73 Å². The summed E-state index contributed by atoms with van der Waals surface area (Å²) in [7, 11) is -2.95. The highest BCUT2D eigenvalue weighted by Gasteiger charge is 2.27. The van der Waals surface area contributed by atoms with Gasteiger partial charge in [0.25, 0.3) is 0 Å². The molecule has 1 unspecified atom stereocenters. The third-order valence-electron chi connectivity index (χ3n) is 2.83. The maximum atomic E-state index is 11.8. The molecule has 0 aromatic heterocycles. The van der Waals surface area contributed by atoms with Crippen LogP contribution >= 0.6 is 0 Å². The lowest BCUT2D eigenvalue weighted by atomic mass is 10.1. The molecular formula is C12H27NO2S. The SMILES string of the molecule is CCCC(N)CCCCS(=O)(=O)C(C)(C)C. The van der Waals surface area contributed by atoms with E-state index in [0.717, 1.165) is 32.1 Å². The van der Waals surface area contributed by atoms with Gasteiger partial charge in [0.15, 0.2) is 9.84 Å². The van der Waals surface area contributed by atoms with Crippen LogP contribution in [0.3, 0.4) is 0 Å². The van der Waals surface area contributed by atoms with Gasteiger partial charge in [-0.05, 0) is 40.0 Å². The zero-order valence-electron chi connectivity index (χ0n) is 11.1. The Morgan fingerprint density at radius 3 is 2.12 bits per heavy atom. The van der Waals surface area contributed by atoms with Crippen molar-refractivity contribution in [3.05, 3.63) is 0 Å². The summed E-state index contributed by atoms with van der Waals surface area (Å²) >= 11 is 0. The lowest BCUT2D eigenvalue weighted by Gasteiger charge is -2.19. The molecule has 0 saturated carbocycles. The average Bonchev–Trinajstić information content (AvgIpc) is 2.11. The van der Waals surface area contributed by atoms with E-state index in [-0.39, 0.29) is 11.8 Å². The quantitative estimate of drug-likeness (QED) is 0.705. The first-order valence-corrected chi connectivity index (χ1v) is 7.84. The fourth-order valence-corrected chi connectivity index (χ4v) is 2.72. The van der Waals surface area contributed by atoms with Crippen molar-refractivity contribution in [1.29, 1.82) is 0 Å². The highest BCUT2D eigenvalue weighted by atomic mass is 32.2. The van der Waals surface area contributed by atoms with Gasteiger partial charge in [-0.1, -0.05) is 19.8 Å². The van der Waals surface area contributed by atoms with Gasteiger partial charge in [-0.2, -0.15) is 0 Å². The molecule has 0 aliphatic heterocycles. The number of nitrogens with two attached hydrogens (primary N) is 1. The van der Waals surface area contributed by atoms with Crippen LogP contribution in [0, 0.1) is 0 Å². The molecular weight excluding hydrogens is 222 g/mol. The van der Waals surface area contributed by atoms with Crippen molar-refractivity contribution >= 4 is 9.84 Å². The number of rotatable bonds is 7. The molecule has 1 atom stereocenters. The molecule has 0 aromatic carbocycles. The summed E-state index contributed by atoms with van der Waals surface area (Å²) in [6.45, 7) is 7.38. The monoisotopic (exact) mass is 249 g/mol. The van der Waals surface area contributed by atoms with Crippen LogP contribution in [0.4, 0.5) is 0 Å². The van der Waals surface area contributed by atoms with Gasteiger partial charge in [-0.15, -0.1) is 0 Å². The zero-order valence-corrected chi connectivity index (χ0v) is 11.9. The Balaban J connectivity index is 3.84. The van der Waals surface area contributed by atoms with E-state index >= 15 is 0 Å². The third kappa shape index (κ3) is 5.85. The fraction of sp³-hybridized carbons (Fsp3) is 1.00. The lowest BCUT2D eigenvalue weighted by Crippen LogP contribution is -2.30. The second-order valence-corrected chi connectivity index (χ2v) is 8.34. The Kier molecular flexibility index (Phi) is 6.56. The van der Waals surface area contributed by atoms with E-state index in [0.29, 0.717) is 0 Å². The molecule has 0 bridgehead atoms. The van der Waals surface area contributed by atoms with Crippen LogP contribution in [0.5, 0.6) is 0 Å². The largest absolute Gasteiger partial charge is 0.328 e. The molecule has 98 valence electrons. The molecule has 0 radical (unpaired) electrons. The molecule has 0 saturated heterocycles. The van der Waals surface area contributed by atoms with Gasteiger partial charge in [0, 0.05) is 6.04 Å². The summed E-state index contributed by atoms with van der Waals surface area (Å²) < 4.78 is 23.0. The third-order valence-corrected chi connectivity index (χ3v) is 5.52. The summed E-state index contributed by atoms with van der Waals surface area (Å²) in [5.41, 5.74) is 5.87. The smallest absolute Gasteiger partial charge is 0.155 e. The van der Waals surface area contributed by atoms with Crippen molar-refractivity contribution in [2.75, 3.05) is 5.75 Å². The van der Waals surface area contributed by atoms with Crippen molar-refractivity contribution in [2.24, 2.45) is 5.73 Å². The summed E-state index contributed by atoms with van der Waals surface area (Å²) in [5, 5.41) is 0. The second kappa shape index (κ2) is 6.60. The van der Waals surface area contributed by atoms with Crippen molar-refractivity contribution in [3.63, 3.8) is 0 Å². The Morgan fingerprint density at radius 1 is 1.12 bits per heavy atom. The van der Waals surface area contributed by atoms with E-state index in [1.165, 1.54) is 0 Å². The number of sulfone groups is 1. The second-order valence-electron chi connectivity index (χ2n) is 5.48. The number of hydrogen-bond donors (Lipinski definition) is 1. The maximum absolute atomic E-state index is 11.8. The van der Waals surface area contributed by atoms with E-state index < -0.39 is 14.6 Å². The lowest BCUT2D eigenvalue weighted by molar-refractivity contribution is 0.526. The Hall–Kier alpha value is -0.0900. The van der Waals surface area contributed by atoms with Gasteiger partial charge in [-0.25, -0.2) is 8.42 Å². The van der Waals surface area contributed by atoms with Crippen LogP contribution in [0.25, 0.3) is 0 Å². The first-order valence-electron chi connectivity index (χ1n) is 6.18. The van der Waals surface area contributed by atoms with Crippen molar-refractivity contribution in [1.82, 2.24) is 0 Å². The van der Waals surface area contributed by atoms with Crippen molar-refractivity contribution in [2.45, 2.75) is 70.6 Å². The predicted molar refractivity (Wildman–Crippen MR) is 70.3 cm³/mol. The van der Waals surface area contributed by atoms with Gasteiger partial charge in [0.2, 0.25) is 0 Å². The normalized spacial score (nSPS) is 15.1. The molecule has 3 nitrogen and oxygen atoms in total. The minimum Gasteiger partial charge on any atom is -0.328 e. The zero-order chi connectivity index (χ0) is 12.8. The average molecular weight is 249 g/mol. The molecule has 2 N–H and O–H groups in total. The highest BCUT2D eigenvalue weighted by Crippen LogP contribution is 2.18. The summed E-state index contributed by atoms with van der Waals surface area (Å²) in [6, 6.07) is 0.238. The number of hydrogen-bond acceptors (Lipinski definition) is 3. The van der Waals surface area contributed by atoms with Crippen molar-refractivity contribution in [3.8, 4) is 0 Å². The van der Waals surface area contributed by atoms with E-state index in [2.05, 4.69) is 6.92 Å². The standard InChI is InChI=1S/C12H27NO2S/c1-5-8-11(13)9-6-7-10-16(14,15)12(2,3)4/h11H,5-10,13H2,1-4H3. The topological polar surface area (TPSA) is 60.2 Å². The van der Waals surface area contributed by atoms with Gasteiger partial charge in [-0.3, -0.25) is 0 Å². The minimum atomic E-state index is -2.95. The first-order chi connectivity index (χ1) is 7.20. The Labute approximate surface area is 101 Å². The van der Waals surface area contributed by atoms with Gasteiger partial charge >= 0.3 is 0 Å². The molecule has 4 heteroatoms. The summed E-state index contributed by atoms with van der Waals surface area (Å²) in [4.78, 5) is 0. The van der Waals surface area contributed by atoms with Crippen LogP contribution in [-0.4, -0.2) is 25.0 Å². The molecule has 0 aliphatic carbocycles. The minimum absolute atomic E-state index is 0.238. The van der Waals surface area contributed by atoms with Crippen LogP contribution in [0.15, 0.2) is 0 Å². The predicted octanol–water partition coefficient (Wildman–Crippen LogP) is 2.50. The van der Waals surface area contributed by atoms with Crippen LogP contribution in [-0.2, 0) is 9.84 Å². The van der Waals surface area contributed by atoms with E-state index in [9.17, 15) is 8.42 Å². The summed E-state index contributed by atoms with van der Waals surface area (Å²) in [6.07, 6.45) is 4.72. The first kappa shape index (κ1) is 15.9. The molecule has 0 spiro atoms. The molecule has 0 aliphatic rings. The molecule has 0 fully saturated rings. The molecule has 16 heavy (non-hydrogen) atoms. The fourth-order valence-electron chi connectivity index (χ4n) is 1.52. The molecule has 0 heterocycles. The molecule has 0 rings (SSSR count). The van der Waals surface area contributed by atoms with E-state index in [1.807, 2.05) is 0 Å². The van der Waals surface area contributed by atoms with Crippen molar-refractivity contribution < 1.29 is 8.42 Å². The number of unbranched alkanes of at least 4 members (excludes halogenated alkanes) is 1. The van der Waals surface area contributed by atoms with Crippen LogP contribution in [0.1, 0.15) is 59.8 Å². The van der Waals surface area contributed by atoms with Crippen LogP contribution < -0.4 is 5.73 Å². The van der Waals surface area contributed by atoms with Crippen LogP contribution in [0.2, 0.25) is 0 Å². The Bertz CT molecular complexity index is 278. The van der Waals surface area contributed by atoms with Gasteiger partial charge in [0.1, 0.15) is 0 Å². The summed E-state index contributed by atoms with van der Waals surface area (Å²) in [5.74, 6) is 0.287.